The topological polar surface area (TPSA) is 91.6 Å². The summed E-state index contributed by atoms with van der Waals surface area (Å²) < 4.78 is 1.77. The number of aromatic nitrogens is 2. The molecule has 0 atom stereocenters. The highest BCUT2D eigenvalue weighted by Gasteiger charge is 2.29. The molecule has 0 radical (unpaired) electrons. The fraction of sp³-hybridized carbons (Fsp3) is 0.217. The number of hydrogen-bond acceptors (Lipinski definition) is 5. The number of amidine groups is 1. The number of rotatable bonds is 4. The van der Waals surface area contributed by atoms with Crippen LogP contribution in [-0.4, -0.2) is 34.0 Å². The first-order chi connectivity index (χ1) is 15.1. The molecular weight excluding hydrogens is 392 g/mol. The van der Waals surface area contributed by atoms with E-state index in [0.717, 1.165) is 41.8 Å². The maximum atomic E-state index is 13.1. The summed E-state index contributed by atoms with van der Waals surface area (Å²) >= 11 is 0. The molecule has 8 heteroatoms. The van der Waals surface area contributed by atoms with Crippen LogP contribution in [0.15, 0.2) is 59.6 Å². The Kier molecular flexibility index (Phi) is 4.74. The van der Waals surface area contributed by atoms with E-state index < -0.39 is 5.91 Å². The van der Waals surface area contributed by atoms with Crippen molar-refractivity contribution in [3.63, 3.8) is 0 Å². The van der Waals surface area contributed by atoms with E-state index in [2.05, 4.69) is 15.7 Å². The summed E-state index contributed by atoms with van der Waals surface area (Å²) in [7, 11) is 0. The summed E-state index contributed by atoms with van der Waals surface area (Å²) in [6, 6.07) is 17.2. The molecule has 0 fully saturated rings. The Labute approximate surface area is 179 Å². The van der Waals surface area contributed by atoms with E-state index in [-0.39, 0.29) is 18.3 Å². The van der Waals surface area contributed by atoms with Gasteiger partial charge in [-0.1, -0.05) is 35.9 Å². The van der Waals surface area contributed by atoms with Gasteiger partial charge in [0.1, 0.15) is 12.4 Å². The number of anilines is 2. The summed E-state index contributed by atoms with van der Waals surface area (Å²) in [6.45, 7) is 1.88. The van der Waals surface area contributed by atoms with Gasteiger partial charge in [-0.05, 0) is 50.5 Å². The molecule has 156 valence electrons. The maximum Gasteiger partial charge on any atom is 0.293 e. The predicted octanol–water partition coefficient (Wildman–Crippen LogP) is 2.56. The second-order valence-electron chi connectivity index (χ2n) is 7.67. The molecule has 0 saturated carbocycles. The van der Waals surface area contributed by atoms with E-state index in [9.17, 15) is 9.59 Å². The van der Waals surface area contributed by atoms with Crippen molar-refractivity contribution in [1.82, 2.24) is 15.2 Å². The lowest BCUT2D eigenvalue weighted by molar-refractivity contribution is -0.118. The molecule has 31 heavy (non-hydrogen) atoms. The molecule has 0 saturated heterocycles. The van der Waals surface area contributed by atoms with E-state index in [1.807, 2.05) is 61.5 Å². The number of amides is 2. The third kappa shape index (κ3) is 3.56. The Bertz CT molecular complexity index is 1180. The van der Waals surface area contributed by atoms with Gasteiger partial charge in [0.25, 0.3) is 11.8 Å². The van der Waals surface area contributed by atoms with E-state index in [4.69, 9.17) is 5.10 Å². The molecule has 5 rings (SSSR count). The SMILES string of the molecule is Cc1ccc(N2NC(C(=O)Nc3c4c(nn3-c3ccccc3)CCC4)=NCC2=O)cc1. The summed E-state index contributed by atoms with van der Waals surface area (Å²) in [4.78, 5) is 29.6. The number of hydrazine groups is 1. The van der Waals surface area contributed by atoms with Crippen LogP contribution in [0.1, 0.15) is 23.2 Å². The third-order valence-corrected chi connectivity index (χ3v) is 5.49. The van der Waals surface area contributed by atoms with E-state index in [1.54, 1.807) is 4.68 Å². The molecule has 2 aromatic carbocycles. The van der Waals surface area contributed by atoms with Gasteiger partial charge < -0.3 is 5.32 Å². The van der Waals surface area contributed by atoms with E-state index in [1.165, 1.54) is 5.01 Å². The molecule has 0 spiro atoms. The smallest absolute Gasteiger partial charge is 0.293 e. The molecule has 2 N–H and O–H groups in total. The van der Waals surface area contributed by atoms with Gasteiger partial charge in [-0.3, -0.25) is 20.0 Å². The Morgan fingerprint density at radius 1 is 1.03 bits per heavy atom. The number of benzene rings is 2. The monoisotopic (exact) mass is 414 g/mol. The van der Waals surface area contributed by atoms with Crippen molar-refractivity contribution < 1.29 is 9.59 Å². The highest BCUT2D eigenvalue weighted by Crippen LogP contribution is 2.31. The van der Waals surface area contributed by atoms with E-state index >= 15 is 0 Å². The average Bonchev–Trinajstić information content (AvgIpc) is 3.38. The van der Waals surface area contributed by atoms with Crippen LogP contribution in [0.5, 0.6) is 0 Å². The van der Waals surface area contributed by atoms with Gasteiger partial charge >= 0.3 is 0 Å². The largest absolute Gasteiger partial charge is 0.303 e. The number of hydrogen-bond donors (Lipinski definition) is 2. The second-order valence-corrected chi connectivity index (χ2v) is 7.67. The van der Waals surface area contributed by atoms with Crippen LogP contribution in [0.3, 0.4) is 0 Å². The molecular formula is C23H22N6O2. The van der Waals surface area contributed by atoms with Crippen LogP contribution in [0.4, 0.5) is 11.5 Å². The summed E-state index contributed by atoms with van der Waals surface area (Å²) in [5, 5.41) is 9.07. The van der Waals surface area contributed by atoms with Crippen molar-refractivity contribution in [1.29, 1.82) is 0 Å². The lowest BCUT2D eigenvalue weighted by Crippen LogP contribution is -2.54. The Balaban J connectivity index is 1.42. The lowest BCUT2D eigenvalue weighted by atomic mass is 10.2. The van der Waals surface area contributed by atoms with Gasteiger partial charge in [0.15, 0.2) is 0 Å². The fourth-order valence-corrected chi connectivity index (χ4v) is 3.89. The molecule has 0 unspecified atom stereocenters. The van der Waals surface area contributed by atoms with E-state index in [0.29, 0.717) is 11.5 Å². The average molecular weight is 414 g/mol. The van der Waals surface area contributed by atoms with Crippen LogP contribution >= 0.6 is 0 Å². The fourth-order valence-electron chi connectivity index (χ4n) is 3.89. The third-order valence-electron chi connectivity index (χ3n) is 5.49. The van der Waals surface area contributed by atoms with Crippen molar-refractivity contribution in [3.8, 4) is 5.69 Å². The van der Waals surface area contributed by atoms with Gasteiger partial charge in [-0.25, -0.2) is 9.69 Å². The molecule has 3 aromatic rings. The Hall–Kier alpha value is -3.94. The summed E-state index contributed by atoms with van der Waals surface area (Å²) in [5.41, 5.74) is 7.56. The van der Waals surface area contributed by atoms with Crippen LogP contribution in [0, 0.1) is 6.92 Å². The molecule has 1 aliphatic carbocycles. The number of aliphatic imine (C=N–C) groups is 1. The van der Waals surface area contributed by atoms with Crippen LogP contribution in [0.25, 0.3) is 5.69 Å². The minimum atomic E-state index is -0.406. The van der Waals surface area contributed by atoms with Crippen molar-refractivity contribution >= 4 is 29.2 Å². The zero-order valence-corrected chi connectivity index (χ0v) is 17.1. The minimum absolute atomic E-state index is 0.0905. The quantitative estimate of drug-likeness (QED) is 0.686. The molecule has 2 amide bonds. The number of nitrogens with zero attached hydrogens (tertiary/aromatic N) is 4. The van der Waals surface area contributed by atoms with Gasteiger partial charge in [-0.2, -0.15) is 5.10 Å². The number of fused-ring (bicyclic) bond motifs is 1. The second kappa shape index (κ2) is 7.71. The van der Waals surface area contributed by atoms with Crippen LogP contribution in [-0.2, 0) is 22.4 Å². The molecule has 2 heterocycles. The summed E-state index contributed by atoms with van der Waals surface area (Å²) in [5.74, 6) is 0.117. The molecule has 2 aliphatic rings. The number of aryl methyl sites for hydroxylation is 2. The zero-order valence-electron chi connectivity index (χ0n) is 17.1. The first-order valence-electron chi connectivity index (χ1n) is 10.3. The van der Waals surface area contributed by atoms with Crippen molar-refractivity contribution in [3.05, 3.63) is 71.4 Å². The number of carbonyl (C=O) groups is 2. The number of para-hydroxylation sites is 1. The maximum absolute atomic E-state index is 13.1. The zero-order chi connectivity index (χ0) is 21.4. The predicted molar refractivity (Wildman–Crippen MR) is 118 cm³/mol. The van der Waals surface area contributed by atoms with Crippen molar-refractivity contribution in [2.45, 2.75) is 26.2 Å². The Morgan fingerprint density at radius 3 is 2.58 bits per heavy atom. The normalized spacial score (nSPS) is 15.3. The first kappa shape index (κ1) is 19.0. The first-order valence-corrected chi connectivity index (χ1v) is 10.3. The highest BCUT2D eigenvalue weighted by molar-refractivity contribution is 6.43. The summed E-state index contributed by atoms with van der Waals surface area (Å²) in [6.07, 6.45) is 2.78. The van der Waals surface area contributed by atoms with Crippen molar-refractivity contribution in [2.75, 3.05) is 16.9 Å². The Morgan fingerprint density at radius 2 is 1.81 bits per heavy atom. The highest BCUT2D eigenvalue weighted by atomic mass is 16.2. The van der Waals surface area contributed by atoms with Gasteiger partial charge in [0.2, 0.25) is 5.84 Å². The molecule has 1 aliphatic heterocycles. The number of carbonyl (C=O) groups excluding carboxylic acids is 2. The molecule has 1 aromatic heterocycles. The van der Waals surface area contributed by atoms with Gasteiger partial charge in [-0.15, -0.1) is 0 Å². The molecule has 0 bridgehead atoms. The molecule has 8 nitrogen and oxygen atoms in total. The van der Waals surface area contributed by atoms with Crippen LogP contribution < -0.4 is 15.8 Å². The minimum Gasteiger partial charge on any atom is -0.303 e. The number of nitrogens with one attached hydrogen (secondary N) is 2. The van der Waals surface area contributed by atoms with Gasteiger partial charge in [0, 0.05) is 5.56 Å². The lowest BCUT2D eigenvalue weighted by Gasteiger charge is -2.27. The van der Waals surface area contributed by atoms with Crippen LogP contribution in [0.2, 0.25) is 0 Å². The van der Waals surface area contributed by atoms with Crippen molar-refractivity contribution in [2.24, 2.45) is 4.99 Å². The van der Waals surface area contributed by atoms with Gasteiger partial charge in [0.05, 0.1) is 17.1 Å². The standard InChI is InChI=1S/C23H22N6O2/c1-15-10-12-17(13-11-15)28-20(30)14-24-21(27-28)23(31)25-22-18-8-5-9-19(18)26-29(22)16-6-3-2-4-7-16/h2-4,6-7,10-13H,5,8-9,14H2,1H3,(H,24,27)(H,25,31).